The standard InChI is InChI=1S/C23H17ClF3N5O5/c24-18-9-6-14(10-17(18)23(25,26)27)31-21(35)22(36)32-29-12-16-8-7-15(37-16)11-28-19(33)20(34)30-13-4-2-1-3-5-13/h1-10,12H,11H2,(H,28,33)(H,30,34)(H,31,35)(H,32,36)/b29-12+. The van der Waals surface area contributed by atoms with Gasteiger partial charge in [0.2, 0.25) is 0 Å². The third-order valence-corrected chi connectivity index (χ3v) is 4.77. The molecule has 0 saturated carbocycles. The molecule has 192 valence electrons. The average molecular weight is 536 g/mol. The Morgan fingerprint density at radius 1 is 0.865 bits per heavy atom. The largest absolute Gasteiger partial charge is 0.458 e. The van der Waals surface area contributed by atoms with Crippen LogP contribution in [0.25, 0.3) is 0 Å². The number of hydrogen-bond acceptors (Lipinski definition) is 6. The average Bonchev–Trinajstić information content (AvgIpc) is 3.31. The van der Waals surface area contributed by atoms with Crippen molar-refractivity contribution < 1.29 is 36.8 Å². The molecule has 0 saturated heterocycles. The first-order valence-electron chi connectivity index (χ1n) is 10.3. The van der Waals surface area contributed by atoms with E-state index < -0.39 is 40.4 Å². The van der Waals surface area contributed by atoms with Crippen LogP contribution in [0.15, 0.2) is 70.2 Å². The van der Waals surface area contributed by atoms with E-state index in [2.05, 4.69) is 15.7 Å². The number of anilines is 2. The smallest absolute Gasteiger partial charge is 0.417 e. The molecule has 4 N–H and O–H groups in total. The number of halogens is 4. The van der Waals surface area contributed by atoms with Gasteiger partial charge in [0.1, 0.15) is 11.5 Å². The summed E-state index contributed by atoms with van der Waals surface area (Å²) in [5.74, 6) is -3.90. The molecule has 1 aromatic heterocycles. The van der Waals surface area contributed by atoms with Gasteiger partial charge in [-0.1, -0.05) is 29.8 Å². The molecule has 0 unspecified atom stereocenters. The zero-order chi connectivity index (χ0) is 27.0. The lowest BCUT2D eigenvalue weighted by Gasteiger charge is -2.11. The van der Waals surface area contributed by atoms with Crippen molar-refractivity contribution in [2.24, 2.45) is 5.10 Å². The molecule has 4 amide bonds. The summed E-state index contributed by atoms with van der Waals surface area (Å²) in [6, 6.07) is 13.9. The molecule has 0 bridgehead atoms. The van der Waals surface area contributed by atoms with Crippen LogP contribution < -0.4 is 21.4 Å². The molecule has 0 spiro atoms. The summed E-state index contributed by atoms with van der Waals surface area (Å²) in [6.45, 7) is -0.120. The van der Waals surface area contributed by atoms with E-state index >= 15 is 0 Å². The third kappa shape index (κ3) is 7.93. The number of carbonyl (C=O) groups excluding carboxylic acids is 4. The maximum Gasteiger partial charge on any atom is 0.417 e. The van der Waals surface area contributed by atoms with Crippen molar-refractivity contribution in [2.45, 2.75) is 12.7 Å². The minimum Gasteiger partial charge on any atom is -0.458 e. The fourth-order valence-corrected chi connectivity index (χ4v) is 2.95. The van der Waals surface area contributed by atoms with Crippen LogP contribution in [0.4, 0.5) is 24.5 Å². The van der Waals surface area contributed by atoms with Crippen LogP contribution in [0.3, 0.4) is 0 Å². The lowest BCUT2D eigenvalue weighted by molar-refractivity contribution is -0.137. The van der Waals surface area contributed by atoms with Gasteiger partial charge in [-0.2, -0.15) is 18.3 Å². The van der Waals surface area contributed by atoms with E-state index in [1.54, 1.807) is 30.3 Å². The summed E-state index contributed by atoms with van der Waals surface area (Å²) >= 11 is 5.51. The van der Waals surface area contributed by atoms with E-state index in [4.69, 9.17) is 16.0 Å². The maximum atomic E-state index is 12.9. The normalized spacial score (nSPS) is 11.1. The number of hydrogen-bond donors (Lipinski definition) is 4. The van der Waals surface area contributed by atoms with Gasteiger partial charge >= 0.3 is 29.8 Å². The zero-order valence-corrected chi connectivity index (χ0v) is 19.3. The Bertz CT molecular complexity index is 1340. The maximum absolute atomic E-state index is 12.9. The number of hydrazone groups is 1. The topological polar surface area (TPSA) is 142 Å². The highest BCUT2D eigenvalue weighted by molar-refractivity contribution is 6.40. The minimum atomic E-state index is -4.75. The molecule has 1 heterocycles. The van der Waals surface area contributed by atoms with Crippen LogP contribution in [0.2, 0.25) is 5.02 Å². The molecule has 2 aromatic carbocycles. The van der Waals surface area contributed by atoms with Crippen LogP contribution in [-0.4, -0.2) is 29.8 Å². The van der Waals surface area contributed by atoms with Gasteiger partial charge in [-0.25, -0.2) is 5.43 Å². The third-order valence-electron chi connectivity index (χ3n) is 4.44. The first-order chi connectivity index (χ1) is 17.5. The van der Waals surface area contributed by atoms with E-state index in [0.717, 1.165) is 18.3 Å². The molecule has 0 aliphatic rings. The van der Waals surface area contributed by atoms with Crippen LogP contribution in [0, 0.1) is 0 Å². The lowest BCUT2D eigenvalue weighted by atomic mass is 10.2. The van der Waals surface area contributed by atoms with Crippen LogP contribution >= 0.6 is 11.6 Å². The van der Waals surface area contributed by atoms with Crippen molar-refractivity contribution in [3.05, 3.63) is 82.8 Å². The molecular formula is C23H17ClF3N5O5. The molecule has 0 aliphatic carbocycles. The highest BCUT2D eigenvalue weighted by atomic mass is 35.5. The van der Waals surface area contributed by atoms with Crippen molar-refractivity contribution in [3.8, 4) is 0 Å². The Balaban J connectivity index is 1.46. The Labute approximate surface area is 211 Å². The molecule has 0 radical (unpaired) electrons. The van der Waals surface area contributed by atoms with E-state index in [1.165, 1.54) is 12.1 Å². The second-order valence-electron chi connectivity index (χ2n) is 7.15. The fraction of sp³-hybridized carbons (Fsp3) is 0.0870. The second-order valence-corrected chi connectivity index (χ2v) is 7.56. The van der Waals surface area contributed by atoms with Crippen LogP contribution in [-0.2, 0) is 31.9 Å². The molecule has 10 nitrogen and oxygen atoms in total. The molecule has 14 heteroatoms. The molecule has 0 fully saturated rings. The van der Waals surface area contributed by atoms with Gasteiger partial charge in [0, 0.05) is 11.4 Å². The molecule has 37 heavy (non-hydrogen) atoms. The van der Waals surface area contributed by atoms with Crippen molar-refractivity contribution >= 4 is 52.8 Å². The number of nitrogens with zero attached hydrogens (tertiary/aromatic N) is 1. The number of benzene rings is 2. The van der Waals surface area contributed by atoms with Crippen molar-refractivity contribution in [1.29, 1.82) is 0 Å². The first-order valence-corrected chi connectivity index (χ1v) is 10.6. The minimum absolute atomic E-state index is 0.120. The van der Waals surface area contributed by atoms with Crippen molar-refractivity contribution in [1.82, 2.24) is 10.7 Å². The van der Waals surface area contributed by atoms with Gasteiger partial charge in [-0.15, -0.1) is 0 Å². The summed E-state index contributed by atoms with van der Waals surface area (Å²) < 4.78 is 44.1. The van der Waals surface area contributed by atoms with Crippen LogP contribution in [0.5, 0.6) is 0 Å². The quantitative estimate of drug-likeness (QED) is 0.218. The zero-order valence-electron chi connectivity index (χ0n) is 18.6. The van der Waals surface area contributed by atoms with Crippen molar-refractivity contribution in [3.63, 3.8) is 0 Å². The molecule has 0 aliphatic heterocycles. The van der Waals surface area contributed by atoms with Crippen molar-refractivity contribution in [2.75, 3.05) is 10.6 Å². The number of nitrogens with one attached hydrogen (secondary N) is 4. The monoisotopic (exact) mass is 535 g/mol. The Kier molecular flexibility index (Phi) is 8.64. The highest BCUT2D eigenvalue weighted by Crippen LogP contribution is 2.36. The van der Waals surface area contributed by atoms with Gasteiger partial charge < -0.3 is 20.4 Å². The number of rotatable bonds is 6. The summed E-state index contributed by atoms with van der Waals surface area (Å²) in [4.78, 5) is 47.6. The van der Waals surface area contributed by atoms with Gasteiger partial charge in [0.15, 0.2) is 0 Å². The summed E-state index contributed by atoms with van der Waals surface area (Å²) in [5.41, 5.74) is 0.876. The predicted octanol–water partition coefficient (Wildman–Crippen LogP) is 3.30. The fourth-order valence-electron chi connectivity index (χ4n) is 2.73. The van der Waals surface area contributed by atoms with E-state index in [-0.39, 0.29) is 23.8 Å². The summed E-state index contributed by atoms with van der Waals surface area (Å²) in [7, 11) is 0. The second kappa shape index (κ2) is 11.9. The first kappa shape index (κ1) is 26.9. The number of carbonyl (C=O) groups is 4. The summed E-state index contributed by atoms with van der Waals surface area (Å²) in [6.07, 6.45) is -3.70. The number of alkyl halides is 3. The van der Waals surface area contributed by atoms with Crippen LogP contribution in [0.1, 0.15) is 17.1 Å². The van der Waals surface area contributed by atoms with Gasteiger partial charge in [0.25, 0.3) is 0 Å². The van der Waals surface area contributed by atoms with Gasteiger partial charge in [-0.3, -0.25) is 19.2 Å². The Morgan fingerprint density at radius 3 is 2.24 bits per heavy atom. The molecule has 3 rings (SSSR count). The lowest BCUT2D eigenvalue weighted by Crippen LogP contribution is -2.34. The molecule has 0 atom stereocenters. The van der Waals surface area contributed by atoms with Gasteiger partial charge in [-0.05, 0) is 42.5 Å². The molecular weight excluding hydrogens is 519 g/mol. The summed E-state index contributed by atoms with van der Waals surface area (Å²) in [5, 5.41) is 9.77. The number of amides is 4. The number of furan rings is 1. The SMILES string of the molecule is O=C(NCc1ccc(/C=N/NC(=O)C(=O)Nc2ccc(Cl)c(C(F)(F)F)c2)o1)C(=O)Nc1ccccc1. The van der Waals surface area contributed by atoms with Gasteiger partial charge in [0.05, 0.1) is 23.3 Å². The van der Waals surface area contributed by atoms with E-state index in [0.29, 0.717) is 11.8 Å². The number of para-hydroxylation sites is 1. The Morgan fingerprint density at radius 2 is 1.54 bits per heavy atom. The van der Waals surface area contributed by atoms with E-state index in [1.807, 2.05) is 10.7 Å². The highest BCUT2D eigenvalue weighted by Gasteiger charge is 2.33. The predicted molar refractivity (Wildman–Crippen MR) is 126 cm³/mol. The Hall–Kier alpha value is -4.65. The molecule has 3 aromatic rings. The van der Waals surface area contributed by atoms with E-state index in [9.17, 15) is 32.3 Å².